The van der Waals surface area contributed by atoms with E-state index in [1.54, 1.807) is 46.2 Å². The van der Waals surface area contributed by atoms with E-state index in [2.05, 4.69) is 10.3 Å². The van der Waals surface area contributed by atoms with Crippen LogP contribution in [0.15, 0.2) is 77.6 Å². The van der Waals surface area contributed by atoms with Crippen molar-refractivity contribution in [3.05, 3.63) is 88.7 Å². The second-order valence-electron chi connectivity index (χ2n) is 8.07. The number of aromatic nitrogens is 2. The molecule has 0 aliphatic heterocycles. The zero-order valence-electron chi connectivity index (χ0n) is 18.6. The maximum atomic E-state index is 13.2. The van der Waals surface area contributed by atoms with Crippen LogP contribution in [0, 0.1) is 0 Å². The number of aromatic hydroxyl groups is 1. The van der Waals surface area contributed by atoms with Gasteiger partial charge in [-0.05, 0) is 55.0 Å². The monoisotopic (exact) mass is 469 g/mol. The van der Waals surface area contributed by atoms with Gasteiger partial charge in [0.1, 0.15) is 16.3 Å². The van der Waals surface area contributed by atoms with E-state index in [1.807, 2.05) is 49.4 Å². The van der Waals surface area contributed by atoms with Crippen molar-refractivity contribution >= 4 is 44.1 Å². The normalized spacial score (nSPS) is 11.2. The van der Waals surface area contributed by atoms with Crippen molar-refractivity contribution in [2.24, 2.45) is 0 Å². The molecule has 1 amide bonds. The van der Waals surface area contributed by atoms with Crippen LogP contribution in [0.3, 0.4) is 0 Å². The summed E-state index contributed by atoms with van der Waals surface area (Å²) in [6.45, 7) is 2.52. The summed E-state index contributed by atoms with van der Waals surface area (Å²) in [4.78, 5) is 31.0. The maximum Gasteiger partial charge on any atom is 0.267 e. The number of anilines is 1. The molecule has 0 bridgehead atoms. The minimum atomic E-state index is -0.633. The Hall–Kier alpha value is -3.97. The number of hydrogen-bond donors (Lipinski definition) is 2. The van der Waals surface area contributed by atoms with Gasteiger partial charge in [-0.2, -0.15) is 0 Å². The zero-order chi connectivity index (χ0) is 23.7. The Labute approximate surface area is 200 Å². The van der Waals surface area contributed by atoms with Gasteiger partial charge in [-0.15, -0.1) is 11.3 Å². The molecule has 0 saturated heterocycles. The number of carbonyl (C=O) groups excluding carboxylic acids is 1. The fourth-order valence-corrected chi connectivity index (χ4v) is 4.99. The summed E-state index contributed by atoms with van der Waals surface area (Å²) in [5, 5.41) is 14.9. The molecule has 3 aromatic carbocycles. The molecule has 5 rings (SSSR count). The van der Waals surface area contributed by atoms with Gasteiger partial charge < -0.3 is 15.0 Å². The van der Waals surface area contributed by atoms with Crippen LogP contribution >= 0.6 is 11.3 Å². The van der Waals surface area contributed by atoms with Crippen molar-refractivity contribution in [1.29, 1.82) is 0 Å². The number of para-hydroxylation sites is 2. The van der Waals surface area contributed by atoms with Gasteiger partial charge in [0, 0.05) is 23.2 Å². The molecule has 5 aromatic rings. The molecule has 34 heavy (non-hydrogen) atoms. The Morgan fingerprint density at radius 2 is 1.76 bits per heavy atom. The number of aryl methyl sites for hydroxylation is 1. The third kappa shape index (κ3) is 3.95. The fourth-order valence-electron chi connectivity index (χ4n) is 4.02. The quantitative estimate of drug-likeness (QED) is 0.318. The topological polar surface area (TPSA) is 84.2 Å². The van der Waals surface area contributed by atoms with E-state index in [1.165, 1.54) is 0 Å². The lowest BCUT2D eigenvalue weighted by Crippen LogP contribution is -2.30. The minimum absolute atomic E-state index is 0.245. The number of nitrogens with zero attached hydrogens (tertiary/aromatic N) is 2. The minimum Gasteiger partial charge on any atom is -0.506 e. The van der Waals surface area contributed by atoms with Gasteiger partial charge in [0.15, 0.2) is 0 Å². The van der Waals surface area contributed by atoms with Crippen molar-refractivity contribution in [3.63, 3.8) is 0 Å². The Morgan fingerprint density at radius 1 is 1.03 bits per heavy atom. The van der Waals surface area contributed by atoms with Crippen molar-refractivity contribution in [2.45, 2.75) is 26.3 Å². The molecule has 0 aliphatic carbocycles. The highest BCUT2D eigenvalue weighted by Gasteiger charge is 2.22. The molecule has 0 radical (unpaired) electrons. The van der Waals surface area contributed by atoms with Crippen LogP contribution in [-0.2, 0) is 6.54 Å². The molecule has 0 aliphatic rings. The third-order valence-corrected chi connectivity index (χ3v) is 6.88. The van der Waals surface area contributed by atoms with Crippen LogP contribution in [-0.4, -0.2) is 20.6 Å². The van der Waals surface area contributed by atoms with E-state index in [9.17, 15) is 14.7 Å². The average molecular weight is 470 g/mol. The molecule has 2 N–H and O–H groups in total. The van der Waals surface area contributed by atoms with Gasteiger partial charge in [0.05, 0.1) is 15.7 Å². The average Bonchev–Trinajstić information content (AvgIpc) is 3.29. The maximum absolute atomic E-state index is 13.2. The van der Waals surface area contributed by atoms with Gasteiger partial charge in [0.25, 0.3) is 11.5 Å². The number of nitrogens with one attached hydrogen (secondary N) is 1. The van der Waals surface area contributed by atoms with Gasteiger partial charge in [-0.3, -0.25) is 9.59 Å². The van der Waals surface area contributed by atoms with E-state index in [4.69, 9.17) is 0 Å². The van der Waals surface area contributed by atoms with Gasteiger partial charge in [-0.25, -0.2) is 4.98 Å². The number of unbranched alkanes of at least 4 members (excludes halogenated alkanes) is 1. The lowest BCUT2D eigenvalue weighted by atomic mass is 10.1. The lowest BCUT2D eigenvalue weighted by Gasteiger charge is -2.15. The van der Waals surface area contributed by atoms with Crippen molar-refractivity contribution in [3.8, 4) is 16.3 Å². The smallest absolute Gasteiger partial charge is 0.267 e. The number of carbonyl (C=O) groups is 1. The number of hydrogen-bond acceptors (Lipinski definition) is 5. The van der Waals surface area contributed by atoms with E-state index >= 15 is 0 Å². The van der Waals surface area contributed by atoms with Crippen molar-refractivity contribution in [2.75, 3.05) is 5.32 Å². The SMILES string of the molecule is CCCCn1c(=O)c(C(=O)Nc2ccc(-c3nc4ccccc4s3)cc2)c(O)c2ccccc21. The summed E-state index contributed by atoms with van der Waals surface area (Å²) in [5.74, 6) is -0.928. The predicted octanol–water partition coefficient (Wildman–Crippen LogP) is 6.04. The molecule has 0 unspecified atom stereocenters. The highest BCUT2D eigenvalue weighted by molar-refractivity contribution is 7.21. The summed E-state index contributed by atoms with van der Waals surface area (Å²) in [6, 6.07) is 22.4. The van der Waals surface area contributed by atoms with Crippen LogP contribution in [0.1, 0.15) is 30.1 Å². The first kappa shape index (κ1) is 21.9. The molecule has 170 valence electrons. The van der Waals surface area contributed by atoms with Crippen molar-refractivity contribution < 1.29 is 9.90 Å². The summed E-state index contributed by atoms with van der Waals surface area (Å²) in [5.41, 5.74) is 2.30. The molecule has 0 saturated carbocycles. The summed E-state index contributed by atoms with van der Waals surface area (Å²) < 4.78 is 2.69. The number of benzene rings is 3. The third-order valence-electron chi connectivity index (χ3n) is 5.79. The number of fused-ring (bicyclic) bond motifs is 2. The van der Waals surface area contributed by atoms with Gasteiger partial charge in [0.2, 0.25) is 0 Å². The highest BCUT2D eigenvalue weighted by atomic mass is 32.1. The molecule has 2 aromatic heterocycles. The second kappa shape index (κ2) is 9.11. The molecule has 0 spiro atoms. The number of amides is 1. The van der Waals surface area contributed by atoms with Gasteiger partial charge >= 0.3 is 0 Å². The lowest BCUT2D eigenvalue weighted by molar-refractivity contribution is 0.102. The van der Waals surface area contributed by atoms with Crippen LogP contribution in [0.2, 0.25) is 0 Å². The fraction of sp³-hybridized carbons (Fsp3) is 0.148. The zero-order valence-corrected chi connectivity index (χ0v) is 19.4. The molecule has 0 atom stereocenters. The first-order chi connectivity index (χ1) is 16.6. The molecular weight excluding hydrogens is 446 g/mol. The molecule has 0 fully saturated rings. The van der Waals surface area contributed by atoms with E-state index in [0.29, 0.717) is 23.1 Å². The highest BCUT2D eigenvalue weighted by Crippen LogP contribution is 2.31. The Balaban J connectivity index is 1.46. The van der Waals surface area contributed by atoms with Crippen LogP contribution in [0.5, 0.6) is 5.75 Å². The Morgan fingerprint density at radius 3 is 2.53 bits per heavy atom. The Kier molecular flexibility index (Phi) is 5.86. The van der Waals surface area contributed by atoms with Crippen LogP contribution in [0.25, 0.3) is 31.7 Å². The standard InChI is InChI=1S/C27H23N3O3S/c1-2-3-16-30-21-10-6-4-8-19(21)24(31)23(27(30)33)25(32)28-18-14-12-17(13-15-18)26-29-20-9-5-7-11-22(20)34-26/h4-15,31H,2-3,16H2,1H3,(H,28,32). The van der Waals surface area contributed by atoms with Crippen molar-refractivity contribution in [1.82, 2.24) is 9.55 Å². The number of rotatable bonds is 6. The van der Waals surface area contributed by atoms with Gasteiger partial charge in [-0.1, -0.05) is 37.6 Å². The van der Waals surface area contributed by atoms with Crippen LogP contribution < -0.4 is 10.9 Å². The summed E-state index contributed by atoms with van der Waals surface area (Å²) >= 11 is 1.60. The van der Waals surface area contributed by atoms with Crippen LogP contribution in [0.4, 0.5) is 5.69 Å². The summed E-state index contributed by atoms with van der Waals surface area (Å²) in [6.07, 6.45) is 1.70. The van der Waals surface area contributed by atoms with E-state index in [0.717, 1.165) is 33.6 Å². The predicted molar refractivity (Wildman–Crippen MR) is 138 cm³/mol. The number of pyridine rings is 1. The molecule has 6 nitrogen and oxygen atoms in total. The molecule has 7 heteroatoms. The van der Waals surface area contributed by atoms with E-state index < -0.39 is 11.5 Å². The number of thiazole rings is 1. The molecular formula is C27H23N3O3S. The largest absolute Gasteiger partial charge is 0.506 e. The Bertz CT molecular complexity index is 1540. The second-order valence-corrected chi connectivity index (χ2v) is 9.10. The molecule has 2 heterocycles. The van der Waals surface area contributed by atoms with E-state index in [-0.39, 0.29) is 11.3 Å². The first-order valence-corrected chi connectivity index (χ1v) is 12.0. The first-order valence-electron chi connectivity index (χ1n) is 11.2. The summed E-state index contributed by atoms with van der Waals surface area (Å²) in [7, 11) is 0.